The highest BCUT2D eigenvalue weighted by molar-refractivity contribution is 14.1. The second-order valence-electron chi connectivity index (χ2n) is 2.73. The first-order valence-electron chi connectivity index (χ1n) is 3.75. The zero-order chi connectivity index (χ0) is 10.3. The standard InChI is InChI=1S/C9H4BrF2IS/c10-7-3-5-6(14-7)2-1-4(8(5)13)9(11)12/h1-3,9H. The smallest absolute Gasteiger partial charge is 0.205 e. The lowest BCUT2D eigenvalue weighted by Crippen LogP contribution is -1.88. The number of alkyl halides is 2. The molecule has 2 aromatic rings. The summed E-state index contributed by atoms with van der Waals surface area (Å²) in [5, 5.41) is 0.903. The molecule has 2 rings (SSSR count). The minimum atomic E-state index is -2.40. The van der Waals surface area contributed by atoms with Crippen molar-refractivity contribution in [2.75, 3.05) is 0 Å². The van der Waals surface area contributed by atoms with Crippen molar-refractivity contribution >= 4 is 59.9 Å². The van der Waals surface area contributed by atoms with Gasteiger partial charge in [-0.1, -0.05) is 6.07 Å². The fraction of sp³-hybridized carbons (Fsp3) is 0.111. The van der Waals surface area contributed by atoms with Gasteiger partial charge in [-0.2, -0.15) is 0 Å². The van der Waals surface area contributed by atoms with Gasteiger partial charge in [0, 0.05) is 19.2 Å². The van der Waals surface area contributed by atoms with Crippen LogP contribution >= 0.6 is 49.9 Å². The highest BCUT2D eigenvalue weighted by Crippen LogP contribution is 2.36. The molecule has 1 aromatic heterocycles. The number of hydrogen-bond donors (Lipinski definition) is 0. The number of thiophene rings is 1. The van der Waals surface area contributed by atoms with E-state index < -0.39 is 6.43 Å². The van der Waals surface area contributed by atoms with E-state index in [0.29, 0.717) is 3.57 Å². The SMILES string of the molecule is FC(F)c1ccc2sc(Br)cc2c1I. The van der Waals surface area contributed by atoms with Crippen molar-refractivity contribution in [2.24, 2.45) is 0 Å². The Morgan fingerprint density at radius 3 is 2.71 bits per heavy atom. The molecule has 5 heteroatoms. The van der Waals surface area contributed by atoms with Crippen LogP contribution in [0.3, 0.4) is 0 Å². The van der Waals surface area contributed by atoms with Crippen LogP contribution in [0, 0.1) is 3.57 Å². The third-order valence-electron chi connectivity index (χ3n) is 1.87. The molecule has 0 nitrogen and oxygen atoms in total. The summed E-state index contributed by atoms with van der Waals surface area (Å²) in [5.74, 6) is 0. The van der Waals surface area contributed by atoms with Crippen LogP contribution < -0.4 is 0 Å². The molecule has 0 spiro atoms. The number of fused-ring (bicyclic) bond motifs is 1. The molecule has 0 aliphatic rings. The fourth-order valence-electron chi connectivity index (χ4n) is 1.23. The number of hydrogen-bond acceptors (Lipinski definition) is 1. The molecule has 0 radical (unpaired) electrons. The topological polar surface area (TPSA) is 0 Å². The fourth-order valence-corrected chi connectivity index (χ4v) is 3.82. The number of halogens is 4. The Kier molecular flexibility index (Phi) is 3.09. The summed E-state index contributed by atoms with van der Waals surface area (Å²) >= 11 is 6.87. The van der Waals surface area contributed by atoms with Gasteiger partial charge in [0.15, 0.2) is 0 Å². The van der Waals surface area contributed by atoms with Gasteiger partial charge in [-0.15, -0.1) is 11.3 Å². The maximum atomic E-state index is 12.5. The normalized spacial score (nSPS) is 11.5. The lowest BCUT2D eigenvalue weighted by Gasteiger charge is -2.03. The van der Waals surface area contributed by atoms with Crippen LogP contribution in [0.15, 0.2) is 22.0 Å². The Hall–Kier alpha value is 0.250. The maximum absolute atomic E-state index is 12.5. The van der Waals surface area contributed by atoms with E-state index in [4.69, 9.17) is 0 Å². The highest BCUT2D eigenvalue weighted by atomic mass is 127. The molecular formula is C9H4BrF2IS. The van der Waals surface area contributed by atoms with Crippen molar-refractivity contribution in [3.8, 4) is 0 Å². The van der Waals surface area contributed by atoms with Crippen molar-refractivity contribution in [3.05, 3.63) is 31.1 Å². The van der Waals surface area contributed by atoms with Crippen molar-refractivity contribution in [1.29, 1.82) is 0 Å². The molecule has 0 N–H and O–H groups in total. The minimum Gasteiger partial charge on any atom is -0.205 e. The predicted octanol–water partition coefficient (Wildman–Crippen LogP) is 5.21. The lowest BCUT2D eigenvalue weighted by atomic mass is 10.2. The van der Waals surface area contributed by atoms with E-state index in [1.54, 1.807) is 17.4 Å². The van der Waals surface area contributed by atoms with Crippen molar-refractivity contribution in [2.45, 2.75) is 6.43 Å². The third-order valence-corrected chi connectivity index (χ3v) is 4.68. The molecule has 0 bridgehead atoms. The zero-order valence-corrected chi connectivity index (χ0v) is 11.3. The lowest BCUT2D eigenvalue weighted by molar-refractivity contribution is 0.150. The number of rotatable bonds is 1. The van der Waals surface area contributed by atoms with Gasteiger partial charge in [-0.25, -0.2) is 8.78 Å². The first-order valence-corrected chi connectivity index (χ1v) is 6.44. The molecule has 1 heterocycles. The van der Waals surface area contributed by atoms with E-state index in [9.17, 15) is 8.78 Å². The van der Waals surface area contributed by atoms with Crippen LogP contribution in [0.1, 0.15) is 12.0 Å². The molecule has 1 aromatic carbocycles. The van der Waals surface area contributed by atoms with Crippen LogP contribution in [0.4, 0.5) is 8.78 Å². The Balaban J connectivity index is 2.74. The molecule has 0 aliphatic carbocycles. The van der Waals surface area contributed by atoms with E-state index >= 15 is 0 Å². The summed E-state index contributed by atoms with van der Waals surface area (Å²) in [5.41, 5.74) is 0.114. The predicted molar refractivity (Wildman–Crippen MR) is 67.2 cm³/mol. The molecule has 0 aliphatic heterocycles. The summed E-state index contributed by atoms with van der Waals surface area (Å²) in [6.07, 6.45) is -2.40. The minimum absolute atomic E-state index is 0.114. The molecular weight excluding hydrogens is 385 g/mol. The van der Waals surface area contributed by atoms with E-state index in [0.717, 1.165) is 13.9 Å². The van der Waals surface area contributed by atoms with Gasteiger partial charge in [0.2, 0.25) is 0 Å². The summed E-state index contributed by atoms with van der Waals surface area (Å²) in [7, 11) is 0. The van der Waals surface area contributed by atoms with Crippen LogP contribution in [-0.4, -0.2) is 0 Å². The quantitative estimate of drug-likeness (QED) is 0.588. The Morgan fingerprint density at radius 1 is 1.36 bits per heavy atom. The van der Waals surface area contributed by atoms with Crippen LogP contribution in [0.2, 0.25) is 0 Å². The Bertz CT molecular complexity index is 481. The summed E-state index contributed by atoms with van der Waals surface area (Å²) < 4.78 is 27.8. The third kappa shape index (κ3) is 1.81. The van der Waals surface area contributed by atoms with Gasteiger partial charge in [-0.05, 0) is 50.7 Å². The number of benzene rings is 1. The summed E-state index contributed by atoms with van der Waals surface area (Å²) in [4.78, 5) is 0. The molecule has 0 atom stereocenters. The Labute approximate surface area is 106 Å². The molecule has 0 saturated carbocycles. The average Bonchev–Trinajstić information content (AvgIpc) is 2.46. The van der Waals surface area contributed by atoms with E-state index in [-0.39, 0.29) is 5.56 Å². The first-order chi connectivity index (χ1) is 6.59. The summed E-state index contributed by atoms with van der Waals surface area (Å²) in [6, 6.07) is 5.12. The van der Waals surface area contributed by atoms with Gasteiger partial charge in [0.25, 0.3) is 6.43 Å². The average molecular weight is 389 g/mol. The molecule has 14 heavy (non-hydrogen) atoms. The van der Waals surface area contributed by atoms with Gasteiger partial charge in [-0.3, -0.25) is 0 Å². The Morgan fingerprint density at radius 2 is 2.07 bits per heavy atom. The molecule has 0 unspecified atom stereocenters. The molecule has 0 fully saturated rings. The second kappa shape index (κ2) is 4.02. The zero-order valence-electron chi connectivity index (χ0n) is 6.73. The van der Waals surface area contributed by atoms with Crippen molar-refractivity contribution in [1.82, 2.24) is 0 Å². The summed E-state index contributed by atoms with van der Waals surface area (Å²) in [6.45, 7) is 0. The molecule has 0 amide bonds. The second-order valence-corrected chi connectivity index (χ2v) is 6.27. The van der Waals surface area contributed by atoms with Crippen LogP contribution in [0.5, 0.6) is 0 Å². The largest absolute Gasteiger partial charge is 0.264 e. The van der Waals surface area contributed by atoms with E-state index in [2.05, 4.69) is 15.9 Å². The highest BCUT2D eigenvalue weighted by Gasteiger charge is 2.14. The monoisotopic (exact) mass is 388 g/mol. The van der Waals surface area contributed by atoms with Crippen LogP contribution in [-0.2, 0) is 0 Å². The molecule has 0 saturated heterocycles. The first kappa shape index (κ1) is 10.8. The van der Waals surface area contributed by atoms with Gasteiger partial charge in [0.1, 0.15) is 0 Å². The van der Waals surface area contributed by atoms with Gasteiger partial charge >= 0.3 is 0 Å². The van der Waals surface area contributed by atoms with E-state index in [1.165, 1.54) is 6.07 Å². The van der Waals surface area contributed by atoms with Crippen LogP contribution in [0.25, 0.3) is 10.1 Å². The molecule has 74 valence electrons. The van der Waals surface area contributed by atoms with E-state index in [1.807, 2.05) is 28.7 Å². The van der Waals surface area contributed by atoms with Crippen molar-refractivity contribution in [3.63, 3.8) is 0 Å². The van der Waals surface area contributed by atoms with Crippen molar-refractivity contribution < 1.29 is 8.78 Å². The van der Waals surface area contributed by atoms with Gasteiger partial charge < -0.3 is 0 Å². The maximum Gasteiger partial charge on any atom is 0.264 e. The van der Waals surface area contributed by atoms with Gasteiger partial charge in [0.05, 0.1) is 3.79 Å².